The zero-order valence-electron chi connectivity index (χ0n) is 6.54. The number of rotatable bonds is 0. The molecule has 0 unspecified atom stereocenters. The maximum atomic E-state index is 10.9. The highest BCUT2D eigenvalue weighted by atomic mass is 19.0. The molecule has 0 bridgehead atoms. The summed E-state index contributed by atoms with van der Waals surface area (Å²) in [4.78, 5) is 10.9. The molecule has 0 fully saturated rings. The molecule has 2 rings (SSSR count). The second-order valence-corrected chi connectivity index (χ2v) is 2.71. The van der Waals surface area contributed by atoms with Gasteiger partial charge in [0.25, 0.3) is 0 Å². The quantitative estimate of drug-likeness (QED) is 0.626. The highest BCUT2D eigenvalue weighted by Crippen LogP contribution is 2.20. The van der Waals surface area contributed by atoms with Crippen molar-refractivity contribution in [1.82, 2.24) is 0 Å². The highest BCUT2D eigenvalue weighted by molar-refractivity contribution is 5.93. The molecule has 0 saturated carbocycles. The summed E-state index contributed by atoms with van der Waals surface area (Å²) in [5.74, 6) is 0.128. The van der Waals surface area contributed by atoms with E-state index in [9.17, 15) is 4.79 Å². The number of carbonyl (C=O) groups excluding carboxylic acids is 1. The lowest BCUT2D eigenvalue weighted by atomic mass is 10.0. The Kier molecular flexibility index (Phi) is 2.43. The van der Waals surface area contributed by atoms with Gasteiger partial charge in [0.15, 0.2) is 0 Å². The standard InChI is InChI=1S/C9H9NO.FH/c11-9-6-5-7-3-1-2-4-8(7)10-9;/h1-4H,5-6H2,(H,10,11);1H. The molecule has 2 nitrogen and oxygen atoms in total. The Balaban J connectivity index is 0.000000720. The molecule has 12 heavy (non-hydrogen) atoms. The van der Waals surface area contributed by atoms with Crippen LogP contribution in [0.1, 0.15) is 12.0 Å². The van der Waals surface area contributed by atoms with Crippen LogP contribution >= 0.6 is 0 Å². The van der Waals surface area contributed by atoms with Gasteiger partial charge in [0.1, 0.15) is 0 Å². The zero-order valence-corrected chi connectivity index (χ0v) is 6.54. The van der Waals surface area contributed by atoms with E-state index in [0.29, 0.717) is 6.42 Å². The summed E-state index contributed by atoms with van der Waals surface area (Å²) < 4.78 is 0. The minimum atomic E-state index is 0. The van der Waals surface area contributed by atoms with Crippen molar-refractivity contribution < 1.29 is 9.50 Å². The molecule has 0 aliphatic carbocycles. The van der Waals surface area contributed by atoms with E-state index in [-0.39, 0.29) is 10.6 Å². The summed E-state index contributed by atoms with van der Waals surface area (Å²) in [6.45, 7) is 0. The number of carbonyl (C=O) groups is 1. The molecule has 0 spiro atoms. The average Bonchev–Trinajstić information content (AvgIpc) is 2.04. The minimum absolute atomic E-state index is 0. The van der Waals surface area contributed by atoms with Crippen molar-refractivity contribution in [3.8, 4) is 0 Å². The van der Waals surface area contributed by atoms with Crippen LogP contribution in [0.25, 0.3) is 0 Å². The first-order valence-electron chi connectivity index (χ1n) is 3.74. The lowest BCUT2D eigenvalue weighted by Gasteiger charge is -2.15. The van der Waals surface area contributed by atoms with Gasteiger partial charge in [-0.3, -0.25) is 9.50 Å². The van der Waals surface area contributed by atoms with E-state index in [0.717, 1.165) is 12.1 Å². The highest BCUT2D eigenvalue weighted by Gasteiger charge is 2.12. The molecule has 64 valence electrons. The Morgan fingerprint density at radius 3 is 2.75 bits per heavy atom. The molecule has 1 amide bonds. The Morgan fingerprint density at radius 2 is 1.92 bits per heavy atom. The Bertz CT molecular complexity index is 298. The normalized spacial score (nSPS) is 14.2. The Hall–Kier alpha value is -1.38. The predicted molar refractivity (Wildman–Crippen MR) is 45.9 cm³/mol. The van der Waals surface area contributed by atoms with Crippen molar-refractivity contribution in [3.63, 3.8) is 0 Å². The number of benzene rings is 1. The van der Waals surface area contributed by atoms with Gasteiger partial charge in [0, 0.05) is 12.1 Å². The van der Waals surface area contributed by atoms with Gasteiger partial charge < -0.3 is 5.32 Å². The third-order valence-electron chi connectivity index (χ3n) is 1.91. The van der Waals surface area contributed by atoms with Gasteiger partial charge >= 0.3 is 0 Å². The number of nitrogens with one attached hydrogen (secondary N) is 1. The third-order valence-corrected chi connectivity index (χ3v) is 1.91. The lowest BCUT2D eigenvalue weighted by molar-refractivity contribution is -0.116. The Morgan fingerprint density at radius 1 is 1.17 bits per heavy atom. The molecular weight excluding hydrogens is 157 g/mol. The average molecular weight is 167 g/mol. The molecule has 0 atom stereocenters. The summed E-state index contributed by atoms with van der Waals surface area (Å²) in [6.07, 6.45) is 1.50. The van der Waals surface area contributed by atoms with Crippen LogP contribution < -0.4 is 5.32 Å². The number of hydrogen-bond donors (Lipinski definition) is 1. The lowest BCUT2D eigenvalue weighted by Crippen LogP contribution is -2.18. The SMILES string of the molecule is F.O=C1CCc2ccccc2N1. The van der Waals surface area contributed by atoms with Crippen LogP contribution in [0.2, 0.25) is 0 Å². The van der Waals surface area contributed by atoms with E-state index in [1.165, 1.54) is 5.56 Å². The van der Waals surface area contributed by atoms with Crippen LogP contribution in [-0.2, 0) is 11.2 Å². The van der Waals surface area contributed by atoms with Crippen LogP contribution in [-0.4, -0.2) is 5.91 Å². The predicted octanol–water partition coefficient (Wildman–Crippen LogP) is 1.72. The van der Waals surface area contributed by atoms with Gasteiger partial charge in [-0.15, -0.1) is 0 Å². The molecule has 1 aromatic rings. The number of hydrogen-bond acceptors (Lipinski definition) is 1. The van der Waals surface area contributed by atoms with E-state index in [1.807, 2.05) is 18.2 Å². The smallest absolute Gasteiger partial charge is 0.224 e. The largest absolute Gasteiger partial charge is 0.326 e. The van der Waals surface area contributed by atoms with E-state index in [4.69, 9.17) is 0 Å². The summed E-state index contributed by atoms with van der Waals surface area (Å²) in [6, 6.07) is 7.92. The second kappa shape index (κ2) is 3.34. The molecule has 1 heterocycles. The first kappa shape index (κ1) is 8.71. The maximum Gasteiger partial charge on any atom is 0.224 e. The van der Waals surface area contributed by atoms with Gasteiger partial charge in [0.05, 0.1) is 0 Å². The summed E-state index contributed by atoms with van der Waals surface area (Å²) >= 11 is 0. The Labute approximate surface area is 70.0 Å². The van der Waals surface area contributed by atoms with Gasteiger partial charge in [0.2, 0.25) is 5.91 Å². The van der Waals surface area contributed by atoms with Crippen molar-refractivity contribution in [1.29, 1.82) is 0 Å². The number of fused-ring (bicyclic) bond motifs is 1. The van der Waals surface area contributed by atoms with Crippen molar-refractivity contribution >= 4 is 11.6 Å². The van der Waals surface area contributed by atoms with Gasteiger partial charge in [-0.05, 0) is 18.1 Å². The van der Waals surface area contributed by atoms with Crippen LogP contribution in [0.15, 0.2) is 24.3 Å². The molecule has 1 aromatic carbocycles. The summed E-state index contributed by atoms with van der Waals surface area (Å²) in [5.41, 5.74) is 2.22. The fourth-order valence-corrected chi connectivity index (χ4v) is 1.32. The molecule has 0 radical (unpaired) electrons. The summed E-state index contributed by atoms with van der Waals surface area (Å²) in [7, 11) is 0. The molecule has 0 saturated heterocycles. The van der Waals surface area contributed by atoms with E-state index in [1.54, 1.807) is 0 Å². The fraction of sp³-hybridized carbons (Fsp3) is 0.222. The number of anilines is 1. The van der Waals surface area contributed by atoms with Crippen molar-refractivity contribution in [3.05, 3.63) is 29.8 Å². The summed E-state index contributed by atoms with van der Waals surface area (Å²) in [5, 5.41) is 2.82. The first-order chi connectivity index (χ1) is 5.36. The van der Waals surface area contributed by atoms with Crippen molar-refractivity contribution in [2.45, 2.75) is 12.8 Å². The number of halogens is 1. The number of para-hydroxylation sites is 1. The maximum absolute atomic E-state index is 10.9. The van der Waals surface area contributed by atoms with E-state index in [2.05, 4.69) is 11.4 Å². The van der Waals surface area contributed by atoms with Crippen LogP contribution in [0.4, 0.5) is 10.4 Å². The number of amides is 1. The fourth-order valence-electron chi connectivity index (χ4n) is 1.32. The first-order valence-corrected chi connectivity index (χ1v) is 3.74. The van der Waals surface area contributed by atoms with Gasteiger partial charge in [-0.2, -0.15) is 0 Å². The van der Waals surface area contributed by atoms with E-state index >= 15 is 0 Å². The molecule has 1 N–H and O–H groups in total. The minimum Gasteiger partial charge on any atom is -0.326 e. The monoisotopic (exact) mass is 167 g/mol. The van der Waals surface area contributed by atoms with E-state index < -0.39 is 0 Å². The van der Waals surface area contributed by atoms with Gasteiger partial charge in [-0.1, -0.05) is 18.2 Å². The van der Waals surface area contributed by atoms with Crippen LogP contribution in [0.5, 0.6) is 0 Å². The van der Waals surface area contributed by atoms with Crippen LogP contribution in [0.3, 0.4) is 0 Å². The number of aryl methyl sites for hydroxylation is 1. The van der Waals surface area contributed by atoms with Gasteiger partial charge in [-0.25, -0.2) is 0 Å². The molecule has 0 aromatic heterocycles. The zero-order chi connectivity index (χ0) is 7.68. The van der Waals surface area contributed by atoms with Crippen molar-refractivity contribution in [2.75, 3.05) is 5.32 Å². The molecule has 1 aliphatic rings. The topological polar surface area (TPSA) is 29.1 Å². The van der Waals surface area contributed by atoms with Crippen molar-refractivity contribution in [2.24, 2.45) is 0 Å². The molecule has 3 heteroatoms. The molecular formula is C9H10FNO. The third kappa shape index (κ3) is 1.44. The van der Waals surface area contributed by atoms with Crippen LogP contribution in [0, 0.1) is 0 Å². The molecule has 1 aliphatic heterocycles. The second-order valence-electron chi connectivity index (χ2n) is 2.71.